The molecule has 2 heterocycles. The van der Waals surface area contributed by atoms with Crippen LogP contribution in [0.5, 0.6) is 0 Å². The van der Waals surface area contributed by atoms with E-state index < -0.39 is 38.5 Å². The minimum atomic E-state index is -2.31. The normalized spacial score (nSPS) is 26.0. The molecule has 0 radical (unpaired) electrons. The van der Waals surface area contributed by atoms with Crippen molar-refractivity contribution in [3.05, 3.63) is 22.7 Å². The van der Waals surface area contributed by atoms with Gasteiger partial charge in [-0.25, -0.2) is 4.79 Å². The predicted octanol–water partition coefficient (Wildman–Crippen LogP) is 1.48. The highest BCUT2D eigenvalue weighted by Crippen LogP contribution is 2.41. The Labute approximate surface area is 169 Å². The van der Waals surface area contributed by atoms with Gasteiger partial charge in [-0.15, -0.1) is 0 Å². The van der Waals surface area contributed by atoms with Gasteiger partial charge < -0.3 is 24.7 Å². The third-order valence-corrected chi connectivity index (χ3v) is 9.60. The van der Waals surface area contributed by atoms with Crippen molar-refractivity contribution in [1.82, 2.24) is 9.55 Å². The molecule has 1 aromatic heterocycles. The van der Waals surface area contributed by atoms with E-state index in [2.05, 4.69) is 36.2 Å². The molecule has 0 aromatic carbocycles. The summed E-state index contributed by atoms with van der Waals surface area (Å²) in [4.78, 5) is 27.5. The van der Waals surface area contributed by atoms with Crippen LogP contribution in [0, 0.1) is 0 Å². The number of rotatable bonds is 6. The number of aliphatic hydroxyl groups is 2. The van der Waals surface area contributed by atoms with Crippen LogP contribution in [0.2, 0.25) is 18.1 Å². The Morgan fingerprint density at radius 2 is 2.21 bits per heavy atom. The zero-order valence-electron chi connectivity index (χ0n) is 19.6. The Balaban J connectivity index is 0.00000218. The number of anilines is 1. The number of ether oxygens (including phenoxy) is 1. The highest BCUT2D eigenvalue weighted by molar-refractivity contribution is 6.74. The van der Waals surface area contributed by atoms with E-state index in [9.17, 15) is 14.7 Å². The number of carbonyl (C=O) groups is 1. The van der Waals surface area contributed by atoms with Crippen molar-refractivity contribution >= 4 is 20.0 Å². The molecule has 1 aliphatic rings. The second-order valence-electron chi connectivity index (χ2n) is 8.25. The summed E-state index contributed by atoms with van der Waals surface area (Å²) in [5, 5.41) is 17.4. The molecule has 1 fully saturated rings. The van der Waals surface area contributed by atoms with Crippen LogP contribution in [0.25, 0.3) is 0 Å². The molecule has 28 heavy (non-hydrogen) atoms. The molecule has 9 nitrogen and oxygen atoms in total. The number of nitrogens with one attached hydrogen (secondary N) is 1. The van der Waals surface area contributed by atoms with Gasteiger partial charge >= 0.3 is 5.69 Å². The standard InChI is InChI=1S/C17H29N3O6Si.CH4/c1-10(22)18-12-7-8-20(16(24)19-12)15-14(13(23)11(9-21)25-15)26-27(5,6)17(2,3)4;/h7-8,11,13-15,21,23H,9H2,1-6H3,(H,18,19,22,24);1H4/t11-,13+,14?,15-;/m1./s1/i21D;1T. The van der Waals surface area contributed by atoms with Crippen molar-refractivity contribution in [3.63, 3.8) is 0 Å². The van der Waals surface area contributed by atoms with Gasteiger partial charge in [0.25, 0.3) is 0 Å². The number of hydrogen-bond acceptors (Lipinski definition) is 7. The molecule has 0 aliphatic carbocycles. The Bertz CT molecular complexity index is 771. The maximum absolute atomic E-state index is 12.5. The molecule has 10 heteroatoms. The van der Waals surface area contributed by atoms with E-state index in [4.69, 9.17) is 12.0 Å². The molecule has 0 bridgehead atoms. The number of amides is 1. The fourth-order valence-corrected chi connectivity index (χ4v) is 3.87. The van der Waals surface area contributed by atoms with Gasteiger partial charge in [0, 0.05) is 14.5 Å². The van der Waals surface area contributed by atoms with Crippen molar-refractivity contribution in [2.45, 2.75) is 77.8 Å². The Hall–Kier alpha value is -1.59. The lowest BCUT2D eigenvalue weighted by molar-refractivity contribution is -0.114. The van der Waals surface area contributed by atoms with Crippen molar-refractivity contribution in [2.24, 2.45) is 0 Å². The third-order valence-electron chi connectivity index (χ3n) is 5.12. The van der Waals surface area contributed by atoms with Gasteiger partial charge in [-0.3, -0.25) is 9.36 Å². The summed E-state index contributed by atoms with van der Waals surface area (Å²) in [5.74, 6) is -0.218. The molecule has 160 valence electrons. The van der Waals surface area contributed by atoms with E-state index in [-0.39, 0.29) is 23.4 Å². The summed E-state index contributed by atoms with van der Waals surface area (Å²) in [6.07, 6.45) is -2.22. The van der Waals surface area contributed by atoms with Crippen LogP contribution < -0.4 is 11.0 Å². The average Bonchev–Trinajstić information content (AvgIpc) is 2.91. The van der Waals surface area contributed by atoms with Gasteiger partial charge in [0.2, 0.25) is 7.34 Å². The summed E-state index contributed by atoms with van der Waals surface area (Å²) in [6, 6.07) is 1.47. The highest BCUT2D eigenvalue weighted by Gasteiger charge is 2.50. The molecule has 1 aromatic rings. The first-order valence-electron chi connectivity index (χ1n) is 10.2. The third kappa shape index (κ3) is 5.06. The lowest BCUT2D eigenvalue weighted by atomic mass is 10.1. The summed E-state index contributed by atoms with van der Waals surface area (Å²) >= 11 is 0. The molecule has 1 aliphatic heterocycles. The first-order valence-corrected chi connectivity index (χ1v) is 11.7. The summed E-state index contributed by atoms with van der Waals surface area (Å²) in [5.41, 5.74) is -0.653. The smallest absolute Gasteiger partial charge is 0.351 e. The van der Waals surface area contributed by atoms with Crippen LogP contribution in [-0.4, -0.2) is 60.3 Å². The van der Waals surface area contributed by atoms with Crippen LogP contribution in [-0.2, 0) is 14.0 Å². The quantitative estimate of drug-likeness (QED) is 0.598. The molecule has 4 atom stereocenters. The lowest BCUT2D eigenvalue weighted by Crippen LogP contribution is -2.49. The topological polar surface area (TPSA) is 123 Å². The minimum absolute atomic E-state index is 0.125. The zero-order chi connectivity index (χ0) is 23.3. The van der Waals surface area contributed by atoms with Gasteiger partial charge in [0.1, 0.15) is 24.1 Å². The second kappa shape index (κ2) is 8.83. The highest BCUT2D eigenvalue weighted by atomic mass is 28.4. The van der Waals surface area contributed by atoms with Gasteiger partial charge in [-0.1, -0.05) is 28.2 Å². The van der Waals surface area contributed by atoms with Crippen molar-refractivity contribution in [2.75, 3.05) is 11.9 Å². The van der Waals surface area contributed by atoms with Gasteiger partial charge in [-0.2, -0.15) is 4.98 Å². The lowest BCUT2D eigenvalue weighted by Gasteiger charge is -2.40. The van der Waals surface area contributed by atoms with Gasteiger partial charge in [0.15, 0.2) is 14.5 Å². The van der Waals surface area contributed by atoms with E-state index in [1.165, 1.54) is 31.2 Å². The van der Waals surface area contributed by atoms with E-state index in [0.717, 1.165) is 0 Å². The Kier molecular flexibility index (Phi) is 6.66. The molecule has 1 amide bonds. The van der Waals surface area contributed by atoms with Crippen molar-refractivity contribution < 1.29 is 25.5 Å². The predicted molar refractivity (Wildman–Crippen MR) is 109 cm³/mol. The Morgan fingerprint density at radius 3 is 2.71 bits per heavy atom. The number of nitrogens with zero attached hydrogens (tertiary/aromatic N) is 2. The van der Waals surface area contributed by atoms with Crippen LogP contribution in [0.4, 0.5) is 5.82 Å². The first kappa shape index (κ1) is 21.1. The average molecular weight is 419 g/mol. The van der Waals surface area contributed by atoms with Gasteiger partial charge in [0.05, 0.1) is 6.61 Å². The maximum atomic E-state index is 12.5. The fourth-order valence-electron chi connectivity index (χ4n) is 2.58. The van der Waals surface area contributed by atoms with E-state index in [1.54, 1.807) is 0 Å². The zero-order valence-corrected chi connectivity index (χ0v) is 18.6. The molecule has 0 spiro atoms. The van der Waals surface area contributed by atoms with Crippen LogP contribution >= 0.6 is 0 Å². The van der Waals surface area contributed by atoms with E-state index >= 15 is 0 Å². The summed E-state index contributed by atoms with van der Waals surface area (Å²) in [6.45, 7) is 11.4. The fraction of sp³-hybridized carbons (Fsp3) is 0.722. The summed E-state index contributed by atoms with van der Waals surface area (Å²) in [7, 11) is -1.06. The Morgan fingerprint density at radius 1 is 1.57 bits per heavy atom. The monoisotopic (exact) mass is 418 g/mol. The largest absolute Gasteiger partial charge is 0.407 e. The molecular formula is C18H33N3O6Si. The number of aliphatic hydroxyl groups excluding tert-OH is 2. The minimum Gasteiger partial charge on any atom is -0.407 e. The molecule has 3 N–H and O–H groups in total. The van der Waals surface area contributed by atoms with Crippen molar-refractivity contribution in [3.8, 4) is 0 Å². The molecule has 2 rings (SSSR count). The maximum Gasteiger partial charge on any atom is 0.351 e. The summed E-state index contributed by atoms with van der Waals surface area (Å²) < 4.78 is 26.1. The second-order valence-corrected chi connectivity index (χ2v) is 13.0. The van der Waals surface area contributed by atoms with Gasteiger partial charge in [-0.05, 0) is 24.2 Å². The number of hydrogen-bond donors (Lipinski definition) is 3. The van der Waals surface area contributed by atoms with E-state index in [1.807, 2.05) is 13.1 Å². The number of aromatic nitrogens is 2. The van der Waals surface area contributed by atoms with E-state index in [0.29, 0.717) is 0 Å². The molecular weight excluding hydrogens is 382 g/mol. The van der Waals surface area contributed by atoms with Crippen LogP contribution in [0.15, 0.2) is 17.1 Å². The van der Waals surface area contributed by atoms with Crippen molar-refractivity contribution in [1.29, 1.82) is 1.43 Å². The first-order chi connectivity index (χ1) is 13.9. The molecule has 1 unspecified atom stereocenters. The SMILES string of the molecule is [2H]OC[C@H]1O[C@@H](n2ccc(NC(C)=O)nc2=O)C(O[Si](C)(C)C(C)(C)C)[C@H]1O.[3H]C. The van der Waals surface area contributed by atoms with Crippen LogP contribution in [0.1, 0.15) is 42.7 Å². The molecule has 1 saturated heterocycles. The number of carbonyl (C=O) groups excluding carboxylic acids is 1. The van der Waals surface area contributed by atoms with Crippen LogP contribution in [0.3, 0.4) is 0 Å². The molecule has 0 saturated carbocycles.